The maximum absolute atomic E-state index is 6.06. The largest absolute Gasteiger partial charge is 0.383 e. The van der Waals surface area contributed by atoms with Crippen molar-refractivity contribution < 1.29 is 0 Å². The summed E-state index contributed by atoms with van der Waals surface area (Å²) in [5, 5.41) is 3.57. The van der Waals surface area contributed by atoms with Gasteiger partial charge in [0, 0.05) is 17.0 Å². The average molecular weight is 276 g/mol. The Morgan fingerprint density at radius 3 is 2.35 bits per heavy atom. The summed E-state index contributed by atoms with van der Waals surface area (Å²) in [5.41, 5.74) is 6.93. The van der Waals surface area contributed by atoms with E-state index in [4.69, 9.17) is 10.7 Å². The number of nitrogens with zero attached hydrogens (tertiary/aromatic N) is 2. The third kappa shape index (κ3) is 3.22. The minimum atomic E-state index is -0.0884. The van der Waals surface area contributed by atoms with Crippen LogP contribution in [0.15, 0.2) is 0 Å². The highest BCUT2D eigenvalue weighted by atomic mass is 15.1. The van der Waals surface area contributed by atoms with Gasteiger partial charge < -0.3 is 11.1 Å². The number of nitrogens with one attached hydrogen (secondary N) is 1. The Kier molecular flexibility index (Phi) is 4.21. The Hall–Kier alpha value is -1.32. The van der Waals surface area contributed by atoms with Crippen LogP contribution in [0.4, 0.5) is 11.6 Å². The number of aromatic nitrogens is 2. The zero-order valence-electron chi connectivity index (χ0n) is 13.5. The Labute approximate surface area is 122 Å². The SMILES string of the molecule is Cc1c(N)nc(C(C)(C)C)nc1NC(C)C1CCCC1. The lowest BCUT2D eigenvalue weighted by Crippen LogP contribution is -2.27. The van der Waals surface area contributed by atoms with Crippen LogP contribution in [0.3, 0.4) is 0 Å². The van der Waals surface area contributed by atoms with Crippen molar-refractivity contribution in [2.75, 3.05) is 11.1 Å². The summed E-state index contributed by atoms with van der Waals surface area (Å²) in [5.74, 6) is 3.05. The molecule has 3 N–H and O–H groups in total. The van der Waals surface area contributed by atoms with Gasteiger partial charge in [0.25, 0.3) is 0 Å². The van der Waals surface area contributed by atoms with Gasteiger partial charge in [-0.1, -0.05) is 33.6 Å². The van der Waals surface area contributed by atoms with E-state index < -0.39 is 0 Å². The molecule has 1 aromatic heterocycles. The highest BCUT2D eigenvalue weighted by Crippen LogP contribution is 2.31. The Bertz CT molecular complexity index is 470. The van der Waals surface area contributed by atoms with Gasteiger partial charge in [0.05, 0.1) is 0 Å². The summed E-state index contributed by atoms with van der Waals surface area (Å²) in [4.78, 5) is 9.15. The van der Waals surface area contributed by atoms with Crippen LogP contribution < -0.4 is 11.1 Å². The van der Waals surface area contributed by atoms with Gasteiger partial charge in [-0.15, -0.1) is 0 Å². The van der Waals surface area contributed by atoms with Gasteiger partial charge in [-0.05, 0) is 32.6 Å². The molecule has 1 aliphatic carbocycles. The molecular formula is C16H28N4. The smallest absolute Gasteiger partial charge is 0.138 e. The van der Waals surface area contributed by atoms with Crippen molar-refractivity contribution in [2.24, 2.45) is 5.92 Å². The van der Waals surface area contributed by atoms with Crippen LogP contribution in [0.2, 0.25) is 0 Å². The third-order valence-corrected chi connectivity index (χ3v) is 4.33. The second kappa shape index (κ2) is 5.58. The molecule has 2 rings (SSSR count). The van der Waals surface area contributed by atoms with E-state index in [1.165, 1.54) is 25.7 Å². The van der Waals surface area contributed by atoms with Crippen LogP contribution in [0.1, 0.15) is 64.8 Å². The highest BCUT2D eigenvalue weighted by molar-refractivity contribution is 5.55. The normalized spacial score (nSPS) is 18.2. The van der Waals surface area contributed by atoms with Crippen LogP contribution in [-0.2, 0) is 5.41 Å². The summed E-state index contributed by atoms with van der Waals surface area (Å²) in [6.07, 6.45) is 5.35. The van der Waals surface area contributed by atoms with Crippen molar-refractivity contribution in [2.45, 2.75) is 71.8 Å². The first kappa shape index (κ1) is 15.1. The molecule has 1 unspecified atom stereocenters. The number of nitrogen functional groups attached to an aromatic ring is 1. The minimum Gasteiger partial charge on any atom is -0.383 e. The molecule has 1 heterocycles. The number of hydrogen-bond acceptors (Lipinski definition) is 4. The first-order valence-corrected chi connectivity index (χ1v) is 7.70. The molecule has 1 saturated carbocycles. The van der Waals surface area contributed by atoms with Crippen molar-refractivity contribution in [3.63, 3.8) is 0 Å². The molecule has 1 fully saturated rings. The van der Waals surface area contributed by atoms with Gasteiger partial charge in [0.1, 0.15) is 17.5 Å². The number of anilines is 2. The zero-order chi connectivity index (χ0) is 14.9. The molecule has 0 radical (unpaired) electrons. The Morgan fingerprint density at radius 1 is 1.20 bits per heavy atom. The maximum atomic E-state index is 6.06. The first-order valence-electron chi connectivity index (χ1n) is 7.70. The number of rotatable bonds is 3. The molecule has 0 saturated heterocycles. The molecule has 0 amide bonds. The predicted octanol–water partition coefficient (Wildman–Crippen LogP) is 3.66. The first-order chi connectivity index (χ1) is 9.29. The summed E-state index contributed by atoms with van der Waals surface area (Å²) in [6, 6.07) is 0.443. The molecule has 0 bridgehead atoms. The van der Waals surface area contributed by atoms with E-state index in [9.17, 15) is 0 Å². The molecule has 0 spiro atoms. The number of nitrogens with two attached hydrogens (primary N) is 1. The number of hydrogen-bond donors (Lipinski definition) is 2. The summed E-state index contributed by atoms with van der Waals surface area (Å²) >= 11 is 0. The van der Waals surface area contributed by atoms with Gasteiger partial charge in [-0.25, -0.2) is 9.97 Å². The van der Waals surface area contributed by atoms with Crippen LogP contribution in [0.5, 0.6) is 0 Å². The van der Waals surface area contributed by atoms with E-state index >= 15 is 0 Å². The van der Waals surface area contributed by atoms with Gasteiger partial charge in [-0.2, -0.15) is 0 Å². The van der Waals surface area contributed by atoms with E-state index in [1.54, 1.807) is 0 Å². The van der Waals surface area contributed by atoms with Gasteiger partial charge in [0.15, 0.2) is 0 Å². The maximum Gasteiger partial charge on any atom is 0.138 e. The van der Waals surface area contributed by atoms with Gasteiger partial charge in [-0.3, -0.25) is 0 Å². The quantitative estimate of drug-likeness (QED) is 0.884. The summed E-state index contributed by atoms with van der Waals surface area (Å²) < 4.78 is 0. The second-order valence-corrected chi connectivity index (χ2v) is 7.13. The molecule has 4 heteroatoms. The van der Waals surface area contributed by atoms with Gasteiger partial charge >= 0.3 is 0 Å². The minimum absolute atomic E-state index is 0.0884. The van der Waals surface area contributed by atoms with E-state index in [1.807, 2.05) is 6.92 Å². The lowest BCUT2D eigenvalue weighted by atomic mass is 9.95. The third-order valence-electron chi connectivity index (χ3n) is 4.33. The fourth-order valence-electron chi connectivity index (χ4n) is 2.80. The Morgan fingerprint density at radius 2 is 1.80 bits per heavy atom. The summed E-state index contributed by atoms with van der Waals surface area (Å²) in [6.45, 7) is 10.6. The van der Waals surface area contributed by atoms with E-state index in [2.05, 4.69) is 38.0 Å². The van der Waals surface area contributed by atoms with Crippen LogP contribution in [0, 0.1) is 12.8 Å². The topological polar surface area (TPSA) is 63.8 Å². The molecule has 20 heavy (non-hydrogen) atoms. The van der Waals surface area contributed by atoms with Crippen molar-refractivity contribution in [1.29, 1.82) is 0 Å². The van der Waals surface area contributed by atoms with Crippen LogP contribution >= 0.6 is 0 Å². The molecular weight excluding hydrogens is 248 g/mol. The van der Waals surface area contributed by atoms with Crippen LogP contribution in [0.25, 0.3) is 0 Å². The summed E-state index contributed by atoms with van der Waals surface area (Å²) in [7, 11) is 0. The van der Waals surface area contributed by atoms with Crippen molar-refractivity contribution in [1.82, 2.24) is 9.97 Å². The molecule has 1 atom stereocenters. The van der Waals surface area contributed by atoms with E-state index in [0.717, 1.165) is 23.1 Å². The molecule has 0 aliphatic heterocycles. The zero-order valence-corrected chi connectivity index (χ0v) is 13.5. The van der Waals surface area contributed by atoms with E-state index in [0.29, 0.717) is 11.9 Å². The van der Waals surface area contributed by atoms with Crippen LogP contribution in [-0.4, -0.2) is 16.0 Å². The predicted molar refractivity (Wildman–Crippen MR) is 84.9 cm³/mol. The fraction of sp³-hybridized carbons (Fsp3) is 0.750. The van der Waals surface area contributed by atoms with Gasteiger partial charge in [0.2, 0.25) is 0 Å². The average Bonchev–Trinajstić information content (AvgIpc) is 2.87. The van der Waals surface area contributed by atoms with Crippen molar-refractivity contribution in [3.8, 4) is 0 Å². The lowest BCUT2D eigenvalue weighted by Gasteiger charge is -2.24. The highest BCUT2D eigenvalue weighted by Gasteiger charge is 2.24. The lowest BCUT2D eigenvalue weighted by molar-refractivity contribution is 0.479. The molecule has 1 aromatic rings. The molecule has 1 aliphatic rings. The molecule has 112 valence electrons. The van der Waals surface area contributed by atoms with E-state index in [-0.39, 0.29) is 5.41 Å². The van der Waals surface area contributed by atoms with Crippen molar-refractivity contribution in [3.05, 3.63) is 11.4 Å². The molecule has 4 nitrogen and oxygen atoms in total. The Balaban J connectivity index is 2.23. The molecule has 0 aromatic carbocycles. The standard InChI is InChI=1S/C16H28N4/c1-10-13(17)19-15(16(3,4)5)20-14(10)18-11(2)12-8-6-7-9-12/h11-12H,6-9H2,1-5H3,(H3,17,18,19,20). The monoisotopic (exact) mass is 276 g/mol. The second-order valence-electron chi connectivity index (χ2n) is 7.13. The fourth-order valence-corrected chi connectivity index (χ4v) is 2.80. The van der Waals surface area contributed by atoms with Crippen molar-refractivity contribution >= 4 is 11.6 Å².